The van der Waals surface area contributed by atoms with E-state index in [9.17, 15) is 18.0 Å². The minimum absolute atomic E-state index is 0.347. The largest absolute Gasteiger partial charge is 0.573 e. The Labute approximate surface area is 159 Å². The third-order valence-electron chi connectivity index (χ3n) is 4.04. The van der Waals surface area contributed by atoms with E-state index >= 15 is 0 Å². The van der Waals surface area contributed by atoms with Gasteiger partial charge in [0.05, 0.1) is 0 Å². The molecule has 0 bridgehead atoms. The number of hydrogen-bond donors (Lipinski definition) is 1. The van der Waals surface area contributed by atoms with Crippen molar-refractivity contribution in [1.29, 1.82) is 0 Å². The van der Waals surface area contributed by atoms with Crippen molar-refractivity contribution in [1.82, 2.24) is 0 Å². The van der Waals surface area contributed by atoms with Crippen molar-refractivity contribution in [3.8, 4) is 11.5 Å². The van der Waals surface area contributed by atoms with Crippen molar-refractivity contribution >= 4 is 22.4 Å². The molecule has 0 saturated carbocycles. The molecule has 1 atom stereocenters. The van der Waals surface area contributed by atoms with Crippen LogP contribution in [0.2, 0.25) is 0 Å². The van der Waals surface area contributed by atoms with Gasteiger partial charge in [-0.05, 0) is 42.1 Å². The van der Waals surface area contributed by atoms with Crippen molar-refractivity contribution < 1.29 is 27.4 Å². The molecule has 0 radical (unpaired) electrons. The lowest BCUT2D eigenvalue weighted by molar-refractivity contribution is -0.274. The number of halogens is 3. The van der Waals surface area contributed by atoms with Gasteiger partial charge in [-0.25, -0.2) is 0 Å². The van der Waals surface area contributed by atoms with Crippen LogP contribution in [0.4, 0.5) is 18.9 Å². The second kappa shape index (κ2) is 8.21. The average molecular weight is 389 g/mol. The molecule has 0 unspecified atom stereocenters. The number of fused-ring (bicyclic) bond motifs is 1. The van der Waals surface area contributed by atoms with Crippen molar-refractivity contribution in [2.45, 2.75) is 25.8 Å². The molecule has 3 aromatic carbocycles. The van der Waals surface area contributed by atoms with Crippen LogP contribution in [0.25, 0.3) is 10.8 Å². The first-order valence-electron chi connectivity index (χ1n) is 8.67. The number of alkyl halides is 3. The molecule has 0 saturated heterocycles. The Kier molecular flexibility index (Phi) is 5.73. The van der Waals surface area contributed by atoms with E-state index in [0.717, 1.165) is 22.9 Å². The first-order chi connectivity index (χ1) is 13.4. The minimum atomic E-state index is -4.76. The summed E-state index contributed by atoms with van der Waals surface area (Å²) in [5.74, 6) is -0.154. The summed E-state index contributed by atoms with van der Waals surface area (Å²) in [6.45, 7) is 1.82. The molecule has 3 aromatic rings. The molecule has 1 N–H and O–H groups in total. The van der Waals surface area contributed by atoms with E-state index < -0.39 is 12.5 Å². The summed E-state index contributed by atoms with van der Waals surface area (Å²) in [7, 11) is 0. The van der Waals surface area contributed by atoms with Crippen LogP contribution in [0.5, 0.6) is 11.5 Å². The van der Waals surface area contributed by atoms with Crippen LogP contribution >= 0.6 is 0 Å². The molecule has 4 nitrogen and oxygen atoms in total. The van der Waals surface area contributed by atoms with Crippen molar-refractivity contribution in [3.05, 3.63) is 66.7 Å². The zero-order chi connectivity index (χ0) is 20.1. The molecule has 0 fully saturated rings. The number of nitrogens with one attached hydrogen (secondary N) is 1. The molecule has 28 heavy (non-hydrogen) atoms. The number of hydrogen-bond acceptors (Lipinski definition) is 3. The summed E-state index contributed by atoms with van der Waals surface area (Å²) in [5, 5.41) is 4.54. The summed E-state index contributed by atoms with van der Waals surface area (Å²) in [6.07, 6.45) is -5.09. The van der Waals surface area contributed by atoms with Gasteiger partial charge in [-0.1, -0.05) is 43.3 Å². The summed E-state index contributed by atoms with van der Waals surface area (Å²) < 4.78 is 46.4. The van der Waals surface area contributed by atoms with Crippen molar-refractivity contribution in [2.24, 2.45) is 0 Å². The molecule has 0 aliphatic heterocycles. The molecule has 146 valence electrons. The molecule has 3 rings (SSSR count). The van der Waals surface area contributed by atoms with Gasteiger partial charge in [-0.2, -0.15) is 0 Å². The van der Waals surface area contributed by atoms with Gasteiger partial charge in [0.15, 0.2) is 6.10 Å². The highest BCUT2D eigenvalue weighted by atomic mass is 19.4. The monoisotopic (exact) mass is 389 g/mol. The van der Waals surface area contributed by atoms with E-state index in [1.807, 2.05) is 43.3 Å². The Bertz CT molecular complexity index is 950. The number of amides is 1. The third-order valence-corrected chi connectivity index (χ3v) is 4.04. The fourth-order valence-corrected chi connectivity index (χ4v) is 2.74. The molecule has 0 aromatic heterocycles. The number of ether oxygens (including phenoxy) is 2. The van der Waals surface area contributed by atoms with Gasteiger partial charge in [0.1, 0.15) is 11.5 Å². The van der Waals surface area contributed by atoms with E-state index in [4.69, 9.17) is 4.74 Å². The van der Waals surface area contributed by atoms with Gasteiger partial charge in [0, 0.05) is 11.1 Å². The Hall–Kier alpha value is -3.22. The predicted molar refractivity (Wildman–Crippen MR) is 100 cm³/mol. The average Bonchev–Trinajstić information content (AvgIpc) is 2.66. The topological polar surface area (TPSA) is 47.6 Å². The Morgan fingerprint density at radius 3 is 2.36 bits per heavy atom. The number of carbonyl (C=O) groups is 1. The van der Waals surface area contributed by atoms with Crippen LogP contribution < -0.4 is 14.8 Å². The van der Waals surface area contributed by atoms with Gasteiger partial charge in [0.2, 0.25) is 0 Å². The van der Waals surface area contributed by atoms with Crippen LogP contribution in [0.1, 0.15) is 13.3 Å². The maximum Gasteiger partial charge on any atom is 0.573 e. The SMILES string of the molecule is CC[C@H](Oc1cccc2ccccc12)C(=O)Nc1ccc(OC(F)(F)F)cc1. The Morgan fingerprint density at radius 2 is 1.68 bits per heavy atom. The molecule has 0 heterocycles. The normalized spacial score (nSPS) is 12.4. The fraction of sp³-hybridized carbons (Fsp3) is 0.190. The molecular formula is C21H18F3NO3. The lowest BCUT2D eigenvalue weighted by atomic mass is 10.1. The van der Waals surface area contributed by atoms with Gasteiger partial charge in [0.25, 0.3) is 5.91 Å². The number of benzene rings is 3. The predicted octanol–water partition coefficient (Wildman–Crippen LogP) is 5.53. The van der Waals surface area contributed by atoms with E-state index in [1.165, 1.54) is 12.1 Å². The number of rotatable bonds is 6. The van der Waals surface area contributed by atoms with Gasteiger partial charge < -0.3 is 14.8 Å². The van der Waals surface area contributed by atoms with Gasteiger partial charge in [-0.15, -0.1) is 13.2 Å². The number of anilines is 1. The maximum atomic E-state index is 12.6. The minimum Gasteiger partial charge on any atom is -0.480 e. The Morgan fingerprint density at radius 1 is 1.00 bits per heavy atom. The van der Waals surface area contributed by atoms with Gasteiger partial charge in [-0.3, -0.25) is 4.79 Å². The lowest BCUT2D eigenvalue weighted by Crippen LogP contribution is -2.32. The second-order valence-corrected chi connectivity index (χ2v) is 6.05. The zero-order valence-corrected chi connectivity index (χ0v) is 15.0. The van der Waals surface area contributed by atoms with Gasteiger partial charge >= 0.3 is 6.36 Å². The van der Waals surface area contributed by atoms with Crippen molar-refractivity contribution in [3.63, 3.8) is 0 Å². The highest BCUT2D eigenvalue weighted by Crippen LogP contribution is 2.27. The summed E-state index contributed by atoms with van der Waals surface area (Å²) in [4.78, 5) is 12.6. The quantitative estimate of drug-likeness (QED) is 0.603. The Balaban J connectivity index is 1.70. The molecule has 1 amide bonds. The smallest absolute Gasteiger partial charge is 0.480 e. The lowest BCUT2D eigenvalue weighted by Gasteiger charge is -2.18. The highest BCUT2D eigenvalue weighted by molar-refractivity contribution is 5.95. The first-order valence-corrected chi connectivity index (χ1v) is 8.67. The standard InChI is InChI=1S/C21H18F3NO3/c1-2-18(27-19-9-5-7-14-6-3-4-8-17(14)19)20(26)25-15-10-12-16(13-11-15)28-21(22,23)24/h3-13,18H,2H2,1H3,(H,25,26)/t18-/m0/s1. The van der Waals surface area contributed by atoms with E-state index in [1.54, 1.807) is 6.07 Å². The molecule has 0 aliphatic carbocycles. The molecule has 0 spiro atoms. The maximum absolute atomic E-state index is 12.6. The molecule has 7 heteroatoms. The van der Waals surface area contributed by atoms with E-state index in [2.05, 4.69) is 10.1 Å². The second-order valence-electron chi connectivity index (χ2n) is 6.05. The van der Waals surface area contributed by atoms with Crippen LogP contribution in [-0.2, 0) is 4.79 Å². The fourth-order valence-electron chi connectivity index (χ4n) is 2.74. The van der Waals surface area contributed by atoms with Crippen LogP contribution in [0.3, 0.4) is 0 Å². The van der Waals surface area contributed by atoms with Crippen LogP contribution in [0.15, 0.2) is 66.7 Å². The summed E-state index contributed by atoms with van der Waals surface area (Å²) in [5.41, 5.74) is 0.347. The van der Waals surface area contributed by atoms with Crippen molar-refractivity contribution in [2.75, 3.05) is 5.32 Å². The van der Waals surface area contributed by atoms with Crippen LogP contribution in [-0.4, -0.2) is 18.4 Å². The summed E-state index contributed by atoms with van der Waals surface area (Å²) in [6, 6.07) is 18.2. The molecule has 0 aliphatic rings. The summed E-state index contributed by atoms with van der Waals surface area (Å²) >= 11 is 0. The zero-order valence-electron chi connectivity index (χ0n) is 15.0. The third kappa shape index (κ3) is 4.94. The van der Waals surface area contributed by atoms with E-state index in [-0.39, 0.29) is 11.7 Å². The number of carbonyl (C=O) groups excluding carboxylic acids is 1. The van der Waals surface area contributed by atoms with E-state index in [0.29, 0.717) is 17.9 Å². The first kappa shape index (κ1) is 19.5. The highest BCUT2D eigenvalue weighted by Gasteiger charge is 2.31. The van der Waals surface area contributed by atoms with Crippen LogP contribution in [0, 0.1) is 0 Å². The molecular weight excluding hydrogens is 371 g/mol.